The maximum atomic E-state index is 12.4. The van der Waals surface area contributed by atoms with Crippen molar-refractivity contribution >= 4 is 33.2 Å². The summed E-state index contributed by atoms with van der Waals surface area (Å²) < 4.78 is 1.01. The number of halogens is 1. The number of carbonyl (C=O) groups is 1. The summed E-state index contributed by atoms with van der Waals surface area (Å²) in [5.41, 5.74) is 3.32. The van der Waals surface area contributed by atoms with Crippen LogP contribution in [0.5, 0.6) is 0 Å². The van der Waals surface area contributed by atoms with E-state index in [1.54, 1.807) is 0 Å². The third-order valence-corrected chi connectivity index (χ3v) is 5.14. The number of rotatable bonds is 5. The van der Waals surface area contributed by atoms with Gasteiger partial charge in [0.05, 0.1) is 6.54 Å². The molecule has 0 bridgehead atoms. The molecular weight excluding hydrogens is 378 g/mol. The van der Waals surface area contributed by atoms with Gasteiger partial charge in [-0.25, -0.2) is 0 Å². The highest BCUT2D eigenvalue weighted by Gasteiger charge is 2.27. The van der Waals surface area contributed by atoms with Crippen LogP contribution in [-0.4, -0.2) is 38.0 Å². The predicted molar refractivity (Wildman–Crippen MR) is 107 cm³/mol. The average Bonchev–Trinajstić information content (AvgIpc) is 3.05. The van der Waals surface area contributed by atoms with Gasteiger partial charge in [-0.05, 0) is 61.3 Å². The van der Waals surface area contributed by atoms with E-state index < -0.39 is 0 Å². The van der Waals surface area contributed by atoms with Gasteiger partial charge in [-0.2, -0.15) is 0 Å². The van der Waals surface area contributed by atoms with E-state index >= 15 is 0 Å². The fourth-order valence-electron chi connectivity index (χ4n) is 3.32. The topological polar surface area (TPSA) is 35.6 Å². The number of likely N-dealkylation sites (tertiary alicyclic amines) is 1. The minimum Gasteiger partial charge on any atom is -0.378 e. The molecule has 1 aliphatic rings. The Morgan fingerprint density at radius 1 is 1.24 bits per heavy atom. The molecule has 0 saturated carbocycles. The maximum absolute atomic E-state index is 12.4. The second kappa shape index (κ2) is 8.02. The lowest BCUT2D eigenvalue weighted by atomic mass is 10.0. The van der Waals surface area contributed by atoms with E-state index in [2.05, 4.69) is 69.4 Å². The summed E-state index contributed by atoms with van der Waals surface area (Å²) in [4.78, 5) is 16.8. The molecule has 1 unspecified atom stereocenters. The van der Waals surface area contributed by atoms with E-state index in [1.165, 1.54) is 11.3 Å². The molecule has 4 nitrogen and oxygen atoms in total. The zero-order chi connectivity index (χ0) is 17.8. The molecule has 5 heteroatoms. The lowest BCUT2D eigenvalue weighted by Crippen LogP contribution is -2.33. The van der Waals surface area contributed by atoms with Crippen LogP contribution >= 0.6 is 15.9 Å². The standard InChI is InChI=1S/C20H24BrN3O/c1-23(2)18-6-3-5-15(13-18)19-7-4-12-24(19)14-20(25)22-17-10-8-16(21)9-11-17/h3,5-6,8-11,13,19H,4,7,12,14H2,1-2H3,(H,22,25). The van der Waals surface area contributed by atoms with Gasteiger partial charge in [0, 0.05) is 36.0 Å². The molecule has 0 aliphatic carbocycles. The van der Waals surface area contributed by atoms with Gasteiger partial charge in [0.1, 0.15) is 0 Å². The second-order valence-corrected chi connectivity index (χ2v) is 7.59. The lowest BCUT2D eigenvalue weighted by molar-refractivity contribution is -0.117. The third-order valence-electron chi connectivity index (χ3n) is 4.61. The van der Waals surface area contributed by atoms with Crippen molar-refractivity contribution in [1.29, 1.82) is 0 Å². The van der Waals surface area contributed by atoms with Crippen molar-refractivity contribution in [2.45, 2.75) is 18.9 Å². The fourth-order valence-corrected chi connectivity index (χ4v) is 3.59. The number of hydrogen-bond acceptors (Lipinski definition) is 3. The Morgan fingerprint density at radius 2 is 2.00 bits per heavy atom. The van der Waals surface area contributed by atoms with Gasteiger partial charge < -0.3 is 10.2 Å². The van der Waals surface area contributed by atoms with Crippen molar-refractivity contribution in [3.63, 3.8) is 0 Å². The van der Waals surface area contributed by atoms with E-state index in [0.717, 1.165) is 29.5 Å². The number of benzene rings is 2. The smallest absolute Gasteiger partial charge is 0.238 e. The Balaban J connectivity index is 1.66. The van der Waals surface area contributed by atoms with Crippen LogP contribution in [0.15, 0.2) is 53.0 Å². The van der Waals surface area contributed by atoms with Crippen LogP contribution in [0.2, 0.25) is 0 Å². The number of hydrogen-bond donors (Lipinski definition) is 1. The van der Waals surface area contributed by atoms with Crippen LogP contribution in [0.4, 0.5) is 11.4 Å². The molecule has 1 heterocycles. The second-order valence-electron chi connectivity index (χ2n) is 6.67. The van der Waals surface area contributed by atoms with Gasteiger partial charge in [-0.15, -0.1) is 0 Å². The highest BCUT2D eigenvalue weighted by atomic mass is 79.9. The molecular formula is C20H24BrN3O. The van der Waals surface area contributed by atoms with Crippen LogP contribution in [0.25, 0.3) is 0 Å². The zero-order valence-electron chi connectivity index (χ0n) is 14.7. The van der Waals surface area contributed by atoms with E-state index in [-0.39, 0.29) is 5.91 Å². The van der Waals surface area contributed by atoms with Gasteiger partial charge >= 0.3 is 0 Å². The number of nitrogens with zero attached hydrogens (tertiary/aromatic N) is 2. The third kappa shape index (κ3) is 4.61. The molecule has 1 fully saturated rings. The summed E-state index contributed by atoms with van der Waals surface area (Å²) in [6, 6.07) is 16.6. The first-order chi connectivity index (χ1) is 12.0. The molecule has 0 radical (unpaired) electrons. The van der Waals surface area contributed by atoms with Crippen LogP contribution in [-0.2, 0) is 4.79 Å². The summed E-state index contributed by atoms with van der Waals surface area (Å²) >= 11 is 3.41. The summed E-state index contributed by atoms with van der Waals surface area (Å²) in [6.45, 7) is 1.39. The van der Waals surface area contributed by atoms with Gasteiger partial charge in [-0.1, -0.05) is 28.1 Å². The van der Waals surface area contributed by atoms with E-state index in [1.807, 2.05) is 24.3 Å². The van der Waals surface area contributed by atoms with Crippen molar-refractivity contribution in [3.05, 3.63) is 58.6 Å². The molecule has 132 valence electrons. The molecule has 1 amide bonds. The van der Waals surface area contributed by atoms with Gasteiger partial charge in [-0.3, -0.25) is 9.69 Å². The van der Waals surface area contributed by atoms with Crippen molar-refractivity contribution in [2.75, 3.05) is 37.4 Å². The maximum Gasteiger partial charge on any atom is 0.238 e. The Hall–Kier alpha value is -1.85. The van der Waals surface area contributed by atoms with Crippen LogP contribution in [0, 0.1) is 0 Å². The Bertz CT molecular complexity index is 730. The fraction of sp³-hybridized carbons (Fsp3) is 0.350. The SMILES string of the molecule is CN(C)c1cccc(C2CCCN2CC(=O)Nc2ccc(Br)cc2)c1. The summed E-state index contributed by atoms with van der Waals surface area (Å²) in [7, 11) is 4.11. The molecule has 1 saturated heterocycles. The zero-order valence-corrected chi connectivity index (χ0v) is 16.3. The van der Waals surface area contributed by atoms with Crippen LogP contribution < -0.4 is 10.2 Å². The van der Waals surface area contributed by atoms with E-state index in [4.69, 9.17) is 0 Å². The molecule has 25 heavy (non-hydrogen) atoms. The number of anilines is 2. The van der Waals surface area contributed by atoms with Gasteiger partial charge in [0.25, 0.3) is 0 Å². The van der Waals surface area contributed by atoms with Gasteiger partial charge in [0.15, 0.2) is 0 Å². The average molecular weight is 402 g/mol. The van der Waals surface area contributed by atoms with Gasteiger partial charge in [0.2, 0.25) is 5.91 Å². The number of amides is 1. The Kier molecular flexibility index (Phi) is 5.76. The number of nitrogens with one attached hydrogen (secondary N) is 1. The molecule has 1 aliphatic heterocycles. The predicted octanol–water partition coefficient (Wildman–Crippen LogP) is 4.29. The first-order valence-corrected chi connectivity index (χ1v) is 9.39. The van der Waals surface area contributed by atoms with Crippen molar-refractivity contribution in [1.82, 2.24) is 4.90 Å². The van der Waals surface area contributed by atoms with Crippen molar-refractivity contribution in [3.8, 4) is 0 Å². The molecule has 2 aromatic carbocycles. The Morgan fingerprint density at radius 3 is 2.72 bits per heavy atom. The normalized spacial score (nSPS) is 17.5. The molecule has 2 aromatic rings. The largest absolute Gasteiger partial charge is 0.378 e. The molecule has 0 aromatic heterocycles. The van der Waals surface area contributed by atoms with Crippen LogP contribution in [0.1, 0.15) is 24.4 Å². The monoisotopic (exact) mass is 401 g/mol. The lowest BCUT2D eigenvalue weighted by Gasteiger charge is -2.25. The molecule has 1 atom stereocenters. The van der Waals surface area contributed by atoms with E-state index in [0.29, 0.717) is 12.6 Å². The first-order valence-electron chi connectivity index (χ1n) is 8.60. The summed E-state index contributed by atoms with van der Waals surface area (Å²) in [5, 5.41) is 2.99. The van der Waals surface area contributed by atoms with Crippen LogP contribution in [0.3, 0.4) is 0 Å². The number of carbonyl (C=O) groups excluding carboxylic acids is 1. The molecule has 3 rings (SSSR count). The summed E-state index contributed by atoms with van der Waals surface area (Å²) in [6.07, 6.45) is 2.23. The quantitative estimate of drug-likeness (QED) is 0.811. The van der Waals surface area contributed by atoms with E-state index in [9.17, 15) is 4.79 Å². The minimum atomic E-state index is 0.0398. The van der Waals surface area contributed by atoms with Crippen molar-refractivity contribution in [2.24, 2.45) is 0 Å². The summed E-state index contributed by atoms with van der Waals surface area (Å²) in [5.74, 6) is 0.0398. The molecule has 0 spiro atoms. The first kappa shape index (κ1) is 18.0. The highest BCUT2D eigenvalue weighted by molar-refractivity contribution is 9.10. The Labute approximate surface area is 158 Å². The van der Waals surface area contributed by atoms with Crippen molar-refractivity contribution < 1.29 is 4.79 Å². The molecule has 1 N–H and O–H groups in total. The highest BCUT2D eigenvalue weighted by Crippen LogP contribution is 2.33. The minimum absolute atomic E-state index is 0.0398.